The molecule has 0 saturated heterocycles. The second-order valence-corrected chi connectivity index (χ2v) is 6.30. The van der Waals surface area contributed by atoms with Gasteiger partial charge in [0.05, 0.1) is 5.38 Å². The summed E-state index contributed by atoms with van der Waals surface area (Å²) in [6, 6.07) is 16.0. The molecule has 3 atom stereocenters. The number of hydrogen-bond acceptors (Lipinski definition) is 0. The molecule has 1 saturated carbocycles. The zero-order chi connectivity index (χ0) is 13.4. The van der Waals surface area contributed by atoms with Gasteiger partial charge in [-0.3, -0.25) is 0 Å². The fourth-order valence-electron chi connectivity index (χ4n) is 2.58. The molecule has 0 radical (unpaired) electrons. The highest BCUT2D eigenvalue weighted by Crippen LogP contribution is 2.57. The van der Waals surface area contributed by atoms with Gasteiger partial charge in [0.2, 0.25) is 0 Å². The quantitative estimate of drug-likeness (QED) is 0.603. The molecule has 2 aromatic rings. The molecule has 0 N–H and O–H groups in total. The van der Waals surface area contributed by atoms with Gasteiger partial charge in [0.15, 0.2) is 0 Å². The minimum Gasteiger partial charge on any atom is -0.117 e. The Labute approximate surface area is 128 Å². The maximum atomic E-state index is 6.58. The van der Waals surface area contributed by atoms with E-state index in [1.165, 1.54) is 5.56 Å². The summed E-state index contributed by atoms with van der Waals surface area (Å²) in [5, 5.41) is 1.26. The number of benzene rings is 2. The Morgan fingerprint density at radius 3 is 2.42 bits per heavy atom. The summed E-state index contributed by atoms with van der Waals surface area (Å²) >= 11 is 18.7. The predicted molar refractivity (Wildman–Crippen MR) is 82.3 cm³/mol. The van der Waals surface area contributed by atoms with Gasteiger partial charge in [0, 0.05) is 10.0 Å². The van der Waals surface area contributed by atoms with Crippen LogP contribution in [-0.2, 0) is 0 Å². The third-order valence-electron chi connectivity index (χ3n) is 3.70. The van der Waals surface area contributed by atoms with E-state index in [0.29, 0.717) is 21.9 Å². The molecule has 0 bridgehead atoms. The van der Waals surface area contributed by atoms with E-state index in [1.54, 1.807) is 6.07 Å². The first-order valence-corrected chi connectivity index (χ1v) is 7.50. The van der Waals surface area contributed by atoms with Gasteiger partial charge in [-0.15, -0.1) is 11.6 Å². The van der Waals surface area contributed by atoms with Crippen LogP contribution < -0.4 is 0 Å². The van der Waals surface area contributed by atoms with Crippen LogP contribution in [0.1, 0.15) is 28.8 Å². The first-order valence-electron chi connectivity index (χ1n) is 6.31. The molecule has 0 aliphatic heterocycles. The van der Waals surface area contributed by atoms with Crippen molar-refractivity contribution in [2.24, 2.45) is 5.92 Å². The largest absolute Gasteiger partial charge is 0.117 e. The third-order valence-corrected chi connectivity index (χ3v) is 4.82. The molecule has 19 heavy (non-hydrogen) atoms. The first kappa shape index (κ1) is 13.3. The molecule has 1 fully saturated rings. The summed E-state index contributed by atoms with van der Waals surface area (Å²) in [5.74, 6) is 1.01. The molecule has 1 aliphatic rings. The maximum absolute atomic E-state index is 6.58. The van der Waals surface area contributed by atoms with Crippen LogP contribution in [0.4, 0.5) is 0 Å². The summed E-state index contributed by atoms with van der Waals surface area (Å²) in [6.07, 6.45) is 1.12. The fourth-order valence-corrected chi connectivity index (χ4v) is 3.63. The molecule has 0 spiro atoms. The molecular formula is C16H13Cl3. The van der Waals surface area contributed by atoms with Gasteiger partial charge in [0.1, 0.15) is 0 Å². The van der Waals surface area contributed by atoms with Gasteiger partial charge in [-0.2, -0.15) is 0 Å². The smallest absolute Gasteiger partial charge is 0.0634 e. The van der Waals surface area contributed by atoms with Gasteiger partial charge in [0.25, 0.3) is 0 Å². The molecular weight excluding hydrogens is 299 g/mol. The Hall–Kier alpha value is -0.690. The van der Waals surface area contributed by atoms with Gasteiger partial charge in [-0.05, 0) is 41.5 Å². The Morgan fingerprint density at radius 2 is 1.74 bits per heavy atom. The highest BCUT2D eigenvalue weighted by atomic mass is 35.5. The highest BCUT2D eigenvalue weighted by molar-refractivity contribution is 6.35. The number of alkyl halides is 1. The van der Waals surface area contributed by atoms with E-state index in [4.69, 9.17) is 34.8 Å². The third kappa shape index (κ3) is 2.76. The first-order chi connectivity index (χ1) is 9.16. The summed E-state index contributed by atoms with van der Waals surface area (Å²) in [5.41, 5.74) is 2.35. The Kier molecular flexibility index (Phi) is 3.75. The summed E-state index contributed by atoms with van der Waals surface area (Å²) < 4.78 is 0. The average molecular weight is 312 g/mol. The van der Waals surface area contributed by atoms with Gasteiger partial charge >= 0.3 is 0 Å². The van der Waals surface area contributed by atoms with Crippen molar-refractivity contribution in [3.05, 3.63) is 69.7 Å². The van der Waals surface area contributed by atoms with E-state index in [9.17, 15) is 0 Å². The van der Waals surface area contributed by atoms with Crippen LogP contribution in [0.3, 0.4) is 0 Å². The van der Waals surface area contributed by atoms with Crippen LogP contribution in [0, 0.1) is 5.92 Å². The van der Waals surface area contributed by atoms with Gasteiger partial charge < -0.3 is 0 Å². The van der Waals surface area contributed by atoms with Crippen molar-refractivity contribution in [3.63, 3.8) is 0 Å². The minimum atomic E-state index is -0.0463. The van der Waals surface area contributed by atoms with Crippen LogP contribution in [-0.4, -0.2) is 0 Å². The summed E-state index contributed by atoms with van der Waals surface area (Å²) in [6.45, 7) is 0. The monoisotopic (exact) mass is 310 g/mol. The van der Waals surface area contributed by atoms with Crippen LogP contribution in [0.5, 0.6) is 0 Å². The predicted octanol–water partition coefficient (Wildman–Crippen LogP) is 6.08. The second kappa shape index (κ2) is 5.36. The van der Waals surface area contributed by atoms with E-state index >= 15 is 0 Å². The molecule has 0 nitrogen and oxygen atoms in total. The SMILES string of the molecule is Clc1ccc(C(Cl)C2CC2c2ccccc2)c(Cl)c1. The van der Waals surface area contributed by atoms with Crippen LogP contribution in [0.15, 0.2) is 48.5 Å². The van der Waals surface area contributed by atoms with Crippen molar-refractivity contribution in [3.8, 4) is 0 Å². The fraction of sp³-hybridized carbons (Fsp3) is 0.250. The van der Waals surface area contributed by atoms with Crippen molar-refractivity contribution in [2.45, 2.75) is 17.7 Å². The van der Waals surface area contributed by atoms with E-state index in [-0.39, 0.29) is 5.38 Å². The lowest BCUT2D eigenvalue weighted by atomic mass is 10.0. The van der Waals surface area contributed by atoms with E-state index in [0.717, 1.165) is 12.0 Å². The van der Waals surface area contributed by atoms with Crippen molar-refractivity contribution in [2.75, 3.05) is 0 Å². The lowest BCUT2D eigenvalue weighted by Gasteiger charge is -2.12. The maximum Gasteiger partial charge on any atom is 0.0634 e. The zero-order valence-electron chi connectivity index (χ0n) is 10.2. The number of hydrogen-bond donors (Lipinski definition) is 0. The van der Waals surface area contributed by atoms with E-state index in [2.05, 4.69) is 24.3 Å². The molecule has 98 valence electrons. The van der Waals surface area contributed by atoms with Crippen LogP contribution in [0.25, 0.3) is 0 Å². The van der Waals surface area contributed by atoms with E-state index in [1.807, 2.05) is 18.2 Å². The number of rotatable bonds is 3. The normalized spacial score (nSPS) is 23.1. The molecule has 3 heteroatoms. The van der Waals surface area contributed by atoms with Crippen molar-refractivity contribution >= 4 is 34.8 Å². The van der Waals surface area contributed by atoms with Crippen molar-refractivity contribution < 1.29 is 0 Å². The lowest BCUT2D eigenvalue weighted by molar-refractivity contribution is 0.764. The molecule has 3 rings (SSSR count). The van der Waals surface area contributed by atoms with Crippen LogP contribution >= 0.6 is 34.8 Å². The molecule has 2 aromatic carbocycles. The van der Waals surface area contributed by atoms with Gasteiger partial charge in [-0.1, -0.05) is 59.6 Å². The lowest BCUT2D eigenvalue weighted by Crippen LogP contribution is -1.96. The standard InChI is InChI=1S/C16H13Cl3/c17-11-6-7-12(15(18)8-11)16(19)14-9-13(14)10-4-2-1-3-5-10/h1-8,13-14,16H,9H2. The van der Waals surface area contributed by atoms with Gasteiger partial charge in [-0.25, -0.2) is 0 Å². The Morgan fingerprint density at radius 1 is 1.00 bits per heavy atom. The molecule has 0 aromatic heterocycles. The zero-order valence-corrected chi connectivity index (χ0v) is 12.5. The molecule has 0 amide bonds. The average Bonchev–Trinajstić information content (AvgIpc) is 3.19. The topological polar surface area (TPSA) is 0 Å². The molecule has 3 unspecified atom stereocenters. The van der Waals surface area contributed by atoms with Crippen LogP contribution in [0.2, 0.25) is 10.0 Å². The van der Waals surface area contributed by atoms with E-state index < -0.39 is 0 Å². The number of halogens is 3. The highest BCUT2D eigenvalue weighted by Gasteiger charge is 2.44. The van der Waals surface area contributed by atoms with Crippen molar-refractivity contribution in [1.82, 2.24) is 0 Å². The molecule has 1 aliphatic carbocycles. The molecule has 0 heterocycles. The summed E-state index contributed by atoms with van der Waals surface area (Å²) in [4.78, 5) is 0. The van der Waals surface area contributed by atoms with Crippen molar-refractivity contribution in [1.29, 1.82) is 0 Å². The Bertz CT molecular complexity index is 580. The summed E-state index contributed by atoms with van der Waals surface area (Å²) in [7, 11) is 0. The second-order valence-electron chi connectivity index (χ2n) is 4.98. The Balaban J connectivity index is 1.78. The minimum absolute atomic E-state index is 0.0463.